The molecule has 5 heteroatoms. The van der Waals surface area contributed by atoms with Crippen LogP contribution in [0.15, 0.2) is 18.2 Å². The van der Waals surface area contributed by atoms with Crippen molar-refractivity contribution in [3.05, 3.63) is 33.9 Å². The summed E-state index contributed by atoms with van der Waals surface area (Å²) < 4.78 is 5.72. The number of nitrogens with zero attached hydrogens (tertiary/aromatic N) is 1. The third-order valence-corrected chi connectivity index (χ3v) is 3.62. The van der Waals surface area contributed by atoms with Crippen molar-refractivity contribution in [2.75, 3.05) is 6.61 Å². The SMILES string of the molecule is O=[N+]([O-])c1ccc(OCC2CCCCC2)c(CO)c1. The number of nitro groups is 1. The van der Waals surface area contributed by atoms with E-state index < -0.39 is 4.92 Å². The highest BCUT2D eigenvalue weighted by Gasteiger charge is 2.16. The van der Waals surface area contributed by atoms with Crippen LogP contribution in [0.1, 0.15) is 37.7 Å². The Morgan fingerprint density at radius 2 is 2.05 bits per heavy atom. The summed E-state index contributed by atoms with van der Waals surface area (Å²) in [5.74, 6) is 1.12. The van der Waals surface area contributed by atoms with Gasteiger partial charge in [-0.25, -0.2) is 0 Å². The third-order valence-electron chi connectivity index (χ3n) is 3.62. The highest BCUT2D eigenvalue weighted by molar-refractivity contribution is 5.43. The fourth-order valence-electron chi connectivity index (χ4n) is 2.51. The van der Waals surface area contributed by atoms with Crippen LogP contribution in [0.3, 0.4) is 0 Å². The van der Waals surface area contributed by atoms with Crippen molar-refractivity contribution in [1.82, 2.24) is 0 Å². The molecule has 1 fully saturated rings. The van der Waals surface area contributed by atoms with E-state index in [0.29, 0.717) is 23.8 Å². The van der Waals surface area contributed by atoms with Crippen LogP contribution in [0.2, 0.25) is 0 Å². The molecule has 1 aromatic rings. The maximum Gasteiger partial charge on any atom is 0.270 e. The molecular weight excluding hydrogens is 246 g/mol. The first-order valence-corrected chi connectivity index (χ1v) is 6.71. The van der Waals surface area contributed by atoms with Gasteiger partial charge in [-0.1, -0.05) is 19.3 Å². The Morgan fingerprint density at radius 3 is 2.68 bits per heavy atom. The molecule has 104 valence electrons. The molecular formula is C14H19NO4. The van der Waals surface area contributed by atoms with Crippen molar-refractivity contribution >= 4 is 5.69 Å². The van der Waals surface area contributed by atoms with Crippen molar-refractivity contribution in [2.24, 2.45) is 5.92 Å². The van der Waals surface area contributed by atoms with Crippen LogP contribution >= 0.6 is 0 Å². The second-order valence-electron chi connectivity index (χ2n) is 5.02. The molecule has 0 radical (unpaired) electrons. The van der Waals surface area contributed by atoms with Gasteiger partial charge in [0.05, 0.1) is 18.1 Å². The van der Waals surface area contributed by atoms with Gasteiger partial charge < -0.3 is 9.84 Å². The van der Waals surface area contributed by atoms with Gasteiger partial charge in [-0.15, -0.1) is 0 Å². The third kappa shape index (κ3) is 3.67. The van der Waals surface area contributed by atoms with E-state index >= 15 is 0 Å². The van der Waals surface area contributed by atoms with Gasteiger partial charge >= 0.3 is 0 Å². The van der Waals surface area contributed by atoms with Crippen LogP contribution in [-0.2, 0) is 6.61 Å². The predicted molar refractivity (Wildman–Crippen MR) is 71.1 cm³/mol. The highest BCUT2D eigenvalue weighted by Crippen LogP contribution is 2.27. The first kappa shape index (κ1) is 13.8. The van der Waals surface area contributed by atoms with E-state index in [1.54, 1.807) is 6.07 Å². The van der Waals surface area contributed by atoms with Crippen LogP contribution in [-0.4, -0.2) is 16.6 Å². The predicted octanol–water partition coefficient (Wildman–Crippen LogP) is 3.05. The van der Waals surface area contributed by atoms with Gasteiger partial charge in [0.2, 0.25) is 0 Å². The van der Waals surface area contributed by atoms with Crippen LogP contribution in [0.4, 0.5) is 5.69 Å². The molecule has 0 amide bonds. The summed E-state index contributed by atoms with van der Waals surface area (Å²) in [5.41, 5.74) is 0.457. The number of hydrogen-bond donors (Lipinski definition) is 1. The molecule has 0 atom stereocenters. The lowest BCUT2D eigenvalue weighted by Gasteiger charge is -2.22. The van der Waals surface area contributed by atoms with Gasteiger partial charge in [0, 0.05) is 17.7 Å². The molecule has 1 N–H and O–H groups in total. The lowest BCUT2D eigenvalue weighted by Crippen LogP contribution is -2.15. The Labute approximate surface area is 112 Å². The smallest absolute Gasteiger partial charge is 0.270 e. The molecule has 1 aromatic carbocycles. The summed E-state index contributed by atoms with van der Waals surface area (Å²) in [6.07, 6.45) is 6.17. The molecule has 0 bridgehead atoms. The number of rotatable bonds is 5. The van der Waals surface area contributed by atoms with Gasteiger partial charge in [0.25, 0.3) is 5.69 Å². The van der Waals surface area contributed by atoms with Gasteiger partial charge in [-0.3, -0.25) is 10.1 Å². The van der Waals surface area contributed by atoms with E-state index in [2.05, 4.69) is 0 Å². The molecule has 1 aliphatic carbocycles. The quantitative estimate of drug-likeness (QED) is 0.656. The summed E-state index contributed by atoms with van der Waals surface area (Å²) in [6, 6.07) is 4.36. The first-order chi connectivity index (χ1) is 9.20. The van der Waals surface area contributed by atoms with Crippen LogP contribution < -0.4 is 4.74 Å². The fourth-order valence-corrected chi connectivity index (χ4v) is 2.51. The van der Waals surface area contributed by atoms with Crippen LogP contribution in [0, 0.1) is 16.0 Å². The molecule has 0 aromatic heterocycles. The largest absolute Gasteiger partial charge is 0.493 e. The number of ether oxygens (including phenoxy) is 1. The minimum atomic E-state index is -0.468. The average Bonchev–Trinajstić information content (AvgIpc) is 2.45. The Bertz CT molecular complexity index is 441. The topological polar surface area (TPSA) is 72.6 Å². The van der Waals surface area contributed by atoms with Crippen molar-refractivity contribution in [3.63, 3.8) is 0 Å². The maximum atomic E-state index is 10.7. The molecule has 0 aliphatic heterocycles. The van der Waals surface area contributed by atoms with E-state index in [4.69, 9.17) is 4.74 Å². The minimum Gasteiger partial charge on any atom is -0.493 e. The molecule has 5 nitrogen and oxygen atoms in total. The zero-order valence-corrected chi connectivity index (χ0v) is 10.9. The zero-order chi connectivity index (χ0) is 13.7. The molecule has 0 spiro atoms. The van der Waals surface area contributed by atoms with Crippen molar-refractivity contribution in [2.45, 2.75) is 38.7 Å². The van der Waals surface area contributed by atoms with Gasteiger partial charge in [-0.05, 0) is 24.8 Å². The number of nitro benzene ring substituents is 1. The van der Waals surface area contributed by atoms with Crippen molar-refractivity contribution in [1.29, 1.82) is 0 Å². The Morgan fingerprint density at radius 1 is 1.32 bits per heavy atom. The maximum absolute atomic E-state index is 10.7. The Balaban J connectivity index is 2.00. The lowest BCUT2D eigenvalue weighted by molar-refractivity contribution is -0.385. The molecule has 0 unspecified atom stereocenters. The Hall–Kier alpha value is -1.62. The number of non-ortho nitro benzene ring substituents is 1. The summed E-state index contributed by atoms with van der Waals surface area (Å²) in [4.78, 5) is 10.2. The molecule has 19 heavy (non-hydrogen) atoms. The van der Waals surface area contributed by atoms with E-state index in [-0.39, 0.29) is 12.3 Å². The van der Waals surface area contributed by atoms with Gasteiger partial charge in [0.15, 0.2) is 0 Å². The van der Waals surface area contributed by atoms with Crippen LogP contribution in [0.5, 0.6) is 5.75 Å². The summed E-state index contributed by atoms with van der Waals surface area (Å²) in [6.45, 7) is 0.381. The van der Waals surface area contributed by atoms with E-state index in [9.17, 15) is 15.2 Å². The van der Waals surface area contributed by atoms with E-state index in [1.165, 1.54) is 44.2 Å². The van der Waals surface area contributed by atoms with Crippen LogP contribution in [0.25, 0.3) is 0 Å². The van der Waals surface area contributed by atoms with Gasteiger partial charge in [-0.2, -0.15) is 0 Å². The number of aliphatic hydroxyl groups excluding tert-OH is 1. The normalized spacial score (nSPS) is 16.3. The monoisotopic (exact) mass is 265 g/mol. The molecule has 2 rings (SSSR count). The molecule has 0 heterocycles. The van der Waals surface area contributed by atoms with Gasteiger partial charge in [0.1, 0.15) is 5.75 Å². The zero-order valence-electron chi connectivity index (χ0n) is 10.9. The average molecular weight is 265 g/mol. The molecule has 0 saturated heterocycles. The minimum absolute atomic E-state index is 0.0194. The second-order valence-corrected chi connectivity index (χ2v) is 5.02. The summed E-state index contributed by atoms with van der Waals surface area (Å²) in [5, 5.41) is 19.9. The molecule has 1 aliphatic rings. The standard InChI is InChI=1S/C14H19NO4/c16-9-12-8-13(15(17)18)6-7-14(12)19-10-11-4-2-1-3-5-11/h6-8,11,16H,1-5,9-10H2. The van der Waals surface area contributed by atoms with E-state index in [0.717, 1.165) is 0 Å². The lowest BCUT2D eigenvalue weighted by atomic mass is 9.90. The van der Waals surface area contributed by atoms with Crippen molar-refractivity contribution < 1.29 is 14.8 Å². The number of aliphatic hydroxyl groups is 1. The number of benzene rings is 1. The fraction of sp³-hybridized carbons (Fsp3) is 0.571. The van der Waals surface area contributed by atoms with E-state index in [1.807, 2.05) is 0 Å². The Kier molecular flexibility index (Phi) is 4.74. The summed E-state index contributed by atoms with van der Waals surface area (Å²) >= 11 is 0. The van der Waals surface area contributed by atoms with Crippen molar-refractivity contribution in [3.8, 4) is 5.75 Å². The molecule has 1 saturated carbocycles. The second kappa shape index (κ2) is 6.52. The highest BCUT2D eigenvalue weighted by atomic mass is 16.6. The first-order valence-electron chi connectivity index (χ1n) is 6.71. The summed E-state index contributed by atoms with van der Waals surface area (Å²) in [7, 11) is 0. The number of hydrogen-bond acceptors (Lipinski definition) is 4.